The molecule has 1 atom stereocenters. The van der Waals surface area contributed by atoms with Crippen LogP contribution in [0.1, 0.15) is 22.9 Å². The molecule has 0 spiro atoms. The van der Waals surface area contributed by atoms with Gasteiger partial charge in [-0.15, -0.1) is 0 Å². The van der Waals surface area contributed by atoms with E-state index in [4.69, 9.17) is 5.73 Å². The van der Waals surface area contributed by atoms with Gasteiger partial charge in [0.25, 0.3) is 0 Å². The van der Waals surface area contributed by atoms with E-state index in [0.717, 1.165) is 16.8 Å². The van der Waals surface area contributed by atoms with Crippen molar-refractivity contribution in [2.75, 3.05) is 6.26 Å². The monoisotopic (exact) mass is 276 g/mol. The number of aromatic nitrogens is 1. The average Bonchev–Trinajstić information content (AvgIpc) is 2.38. The molecular weight excluding hydrogens is 260 g/mol. The predicted octanol–water partition coefficient (Wildman–Crippen LogP) is 1.84. The SMILES string of the molecule is Cc1ccc(C(N)c2cccc(S(C)(=O)=O)c2)cn1. The molecule has 0 amide bonds. The van der Waals surface area contributed by atoms with Crippen LogP contribution < -0.4 is 5.73 Å². The first-order valence-corrected chi connectivity index (χ1v) is 7.75. The standard InChI is InChI=1S/C14H16N2O2S/c1-10-6-7-12(9-16-10)14(15)11-4-3-5-13(8-11)19(2,17)18/h3-9,14H,15H2,1-2H3. The van der Waals surface area contributed by atoms with E-state index in [9.17, 15) is 8.42 Å². The minimum atomic E-state index is -3.22. The Balaban J connectivity index is 2.39. The number of sulfone groups is 1. The lowest BCUT2D eigenvalue weighted by molar-refractivity contribution is 0.601. The molecule has 1 aromatic heterocycles. The number of rotatable bonds is 3. The zero-order valence-electron chi connectivity index (χ0n) is 10.9. The van der Waals surface area contributed by atoms with E-state index < -0.39 is 9.84 Å². The van der Waals surface area contributed by atoms with E-state index >= 15 is 0 Å². The van der Waals surface area contributed by atoms with Gasteiger partial charge in [0.05, 0.1) is 10.9 Å². The number of nitrogens with two attached hydrogens (primary N) is 1. The van der Waals surface area contributed by atoms with Gasteiger partial charge in [-0.05, 0) is 36.2 Å². The summed E-state index contributed by atoms with van der Waals surface area (Å²) < 4.78 is 23.1. The summed E-state index contributed by atoms with van der Waals surface area (Å²) in [7, 11) is -3.22. The van der Waals surface area contributed by atoms with Crippen LogP contribution in [0.4, 0.5) is 0 Å². The zero-order valence-corrected chi connectivity index (χ0v) is 11.7. The molecule has 2 rings (SSSR count). The third kappa shape index (κ3) is 3.19. The maximum atomic E-state index is 11.5. The lowest BCUT2D eigenvalue weighted by Gasteiger charge is -2.13. The fraction of sp³-hybridized carbons (Fsp3) is 0.214. The maximum Gasteiger partial charge on any atom is 0.175 e. The van der Waals surface area contributed by atoms with Gasteiger partial charge in [0, 0.05) is 18.1 Å². The number of nitrogens with zero attached hydrogens (tertiary/aromatic N) is 1. The van der Waals surface area contributed by atoms with Gasteiger partial charge < -0.3 is 5.73 Å². The van der Waals surface area contributed by atoms with Gasteiger partial charge in [-0.3, -0.25) is 4.98 Å². The maximum absolute atomic E-state index is 11.5. The molecule has 19 heavy (non-hydrogen) atoms. The smallest absolute Gasteiger partial charge is 0.175 e. The zero-order chi connectivity index (χ0) is 14.0. The summed E-state index contributed by atoms with van der Waals surface area (Å²) in [4.78, 5) is 4.48. The highest BCUT2D eigenvalue weighted by atomic mass is 32.2. The van der Waals surface area contributed by atoms with Crippen LogP contribution >= 0.6 is 0 Å². The highest BCUT2D eigenvalue weighted by molar-refractivity contribution is 7.90. The van der Waals surface area contributed by atoms with E-state index in [1.165, 1.54) is 6.26 Å². The van der Waals surface area contributed by atoms with Gasteiger partial charge in [0.2, 0.25) is 0 Å². The number of aryl methyl sites for hydroxylation is 1. The van der Waals surface area contributed by atoms with Gasteiger partial charge in [0.15, 0.2) is 9.84 Å². The highest BCUT2D eigenvalue weighted by Crippen LogP contribution is 2.21. The van der Waals surface area contributed by atoms with Crippen molar-refractivity contribution in [1.29, 1.82) is 0 Å². The van der Waals surface area contributed by atoms with E-state index in [-0.39, 0.29) is 10.9 Å². The Kier molecular flexibility index (Phi) is 3.68. The topological polar surface area (TPSA) is 73.1 Å². The Morgan fingerprint density at radius 3 is 2.47 bits per heavy atom. The number of pyridine rings is 1. The summed E-state index contributed by atoms with van der Waals surface area (Å²) in [5.74, 6) is 0. The number of benzene rings is 1. The van der Waals surface area contributed by atoms with Crippen molar-refractivity contribution in [3.63, 3.8) is 0 Å². The number of hydrogen-bond donors (Lipinski definition) is 1. The predicted molar refractivity (Wildman–Crippen MR) is 74.6 cm³/mol. The molecule has 0 aliphatic rings. The molecule has 100 valence electrons. The molecule has 2 N–H and O–H groups in total. The molecule has 2 aromatic rings. The summed E-state index contributed by atoms with van der Waals surface area (Å²) >= 11 is 0. The molecule has 5 heteroatoms. The third-order valence-electron chi connectivity index (χ3n) is 2.94. The summed E-state index contributed by atoms with van der Waals surface area (Å²) in [6, 6.07) is 10.1. The Morgan fingerprint density at radius 2 is 1.89 bits per heavy atom. The molecule has 1 aromatic carbocycles. The van der Waals surface area contributed by atoms with E-state index in [2.05, 4.69) is 4.98 Å². The third-order valence-corrected chi connectivity index (χ3v) is 4.05. The fourth-order valence-electron chi connectivity index (χ4n) is 1.79. The van der Waals surface area contributed by atoms with Gasteiger partial charge in [-0.2, -0.15) is 0 Å². The molecule has 0 aliphatic heterocycles. The van der Waals surface area contributed by atoms with Gasteiger partial charge in [-0.1, -0.05) is 18.2 Å². The van der Waals surface area contributed by atoms with Crippen LogP contribution in [0.15, 0.2) is 47.5 Å². The van der Waals surface area contributed by atoms with Crippen molar-refractivity contribution >= 4 is 9.84 Å². The quantitative estimate of drug-likeness (QED) is 0.928. The molecule has 0 bridgehead atoms. The van der Waals surface area contributed by atoms with Crippen molar-refractivity contribution < 1.29 is 8.42 Å². The van der Waals surface area contributed by atoms with Crippen LogP contribution in [0, 0.1) is 6.92 Å². The summed E-state index contributed by atoms with van der Waals surface area (Å²) in [5.41, 5.74) is 8.68. The van der Waals surface area contributed by atoms with Gasteiger partial charge in [0.1, 0.15) is 0 Å². The van der Waals surface area contributed by atoms with Crippen LogP contribution in [0.5, 0.6) is 0 Å². The first kappa shape index (κ1) is 13.7. The molecule has 1 unspecified atom stereocenters. The Labute approximate surface area is 113 Å². The number of hydrogen-bond acceptors (Lipinski definition) is 4. The normalized spacial score (nSPS) is 13.2. The van der Waals surface area contributed by atoms with Crippen LogP contribution in [-0.4, -0.2) is 19.7 Å². The average molecular weight is 276 g/mol. The van der Waals surface area contributed by atoms with Crippen molar-refractivity contribution in [1.82, 2.24) is 4.98 Å². The summed E-state index contributed by atoms with van der Waals surface area (Å²) in [6.45, 7) is 1.90. The molecule has 0 saturated heterocycles. The molecule has 0 fully saturated rings. The molecular formula is C14H16N2O2S. The Morgan fingerprint density at radius 1 is 1.16 bits per heavy atom. The first-order valence-electron chi connectivity index (χ1n) is 5.86. The van der Waals surface area contributed by atoms with Crippen LogP contribution in [0.3, 0.4) is 0 Å². The minimum absolute atomic E-state index is 0.278. The van der Waals surface area contributed by atoms with E-state index in [0.29, 0.717) is 0 Å². The molecule has 1 heterocycles. The second kappa shape index (κ2) is 5.11. The Hall–Kier alpha value is -1.72. The molecule has 0 radical (unpaired) electrons. The molecule has 0 saturated carbocycles. The lowest BCUT2D eigenvalue weighted by Crippen LogP contribution is -2.13. The Bertz CT molecular complexity index is 679. The first-order chi connectivity index (χ1) is 8.88. The summed E-state index contributed by atoms with van der Waals surface area (Å²) in [5, 5.41) is 0. The lowest BCUT2D eigenvalue weighted by atomic mass is 10.0. The van der Waals surface area contributed by atoms with Crippen molar-refractivity contribution in [2.45, 2.75) is 17.9 Å². The van der Waals surface area contributed by atoms with E-state index in [1.54, 1.807) is 24.4 Å². The second-order valence-corrected chi connectivity index (χ2v) is 6.57. The van der Waals surface area contributed by atoms with Crippen LogP contribution in [0.25, 0.3) is 0 Å². The largest absolute Gasteiger partial charge is 0.320 e. The second-order valence-electron chi connectivity index (χ2n) is 4.56. The minimum Gasteiger partial charge on any atom is -0.320 e. The fourth-order valence-corrected chi connectivity index (χ4v) is 2.47. The summed E-state index contributed by atoms with van der Waals surface area (Å²) in [6.07, 6.45) is 2.90. The van der Waals surface area contributed by atoms with Crippen molar-refractivity contribution in [3.05, 3.63) is 59.4 Å². The van der Waals surface area contributed by atoms with Gasteiger partial charge >= 0.3 is 0 Å². The van der Waals surface area contributed by atoms with Crippen LogP contribution in [-0.2, 0) is 9.84 Å². The van der Waals surface area contributed by atoms with Gasteiger partial charge in [-0.25, -0.2) is 8.42 Å². The highest BCUT2D eigenvalue weighted by Gasteiger charge is 2.13. The molecule has 4 nitrogen and oxygen atoms in total. The van der Waals surface area contributed by atoms with Crippen molar-refractivity contribution in [3.8, 4) is 0 Å². The molecule has 0 aliphatic carbocycles. The van der Waals surface area contributed by atoms with E-state index in [1.807, 2.05) is 25.1 Å². The van der Waals surface area contributed by atoms with Crippen LogP contribution in [0.2, 0.25) is 0 Å². The van der Waals surface area contributed by atoms with Crippen molar-refractivity contribution in [2.24, 2.45) is 5.73 Å².